The molecule has 4 nitrogen and oxygen atoms in total. The van der Waals surface area contributed by atoms with Gasteiger partial charge in [-0.15, -0.1) is 11.3 Å². The number of aromatic nitrogens is 2. The summed E-state index contributed by atoms with van der Waals surface area (Å²) in [4.78, 5) is 16.9. The van der Waals surface area contributed by atoms with Crippen molar-refractivity contribution in [1.82, 2.24) is 14.7 Å². The number of amides is 1. The van der Waals surface area contributed by atoms with Gasteiger partial charge >= 0.3 is 0 Å². The summed E-state index contributed by atoms with van der Waals surface area (Å²) in [6.07, 6.45) is 1.20. The van der Waals surface area contributed by atoms with Gasteiger partial charge in [-0.25, -0.2) is 0 Å². The fraction of sp³-hybridized carbons (Fsp3) is 0.400. The monoisotopic (exact) mass is 387 g/mol. The molecule has 1 aliphatic rings. The normalized spacial score (nSPS) is 20.7. The predicted octanol–water partition coefficient (Wildman–Crippen LogP) is 5.07. The molecular weight excluding hydrogens is 366 g/mol. The summed E-state index contributed by atoms with van der Waals surface area (Å²) in [5.74, 6) is 1.26. The number of halogens is 1. The summed E-state index contributed by atoms with van der Waals surface area (Å²) in [6, 6.07) is 9.68. The van der Waals surface area contributed by atoms with Crippen molar-refractivity contribution in [2.75, 3.05) is 13.1 Å². The van der Waals surface area contributed by atoms with E-state index in [9.17, 15) is 4.79 Å². The third kappa shape index (κ3) is 3.14. The molecule has 3 heterocycles. The molecule has 2 atom stereocenters. The first-order valence-corrected chi connectivity index (χ1v) is 10.1. The number of likely N-dealkylation sites (tertiary alicyclic amines) is 1. The van der Waals surface area contributed by atoms with E-state index >= 15 is 0 Å². The smallest absolute Gasteiger partial charge is 0.264 e. The van der Waals surface area contributed by atoms with Gasteiger partial charge in [-0.05, 0) is 36.5 Å². The minimum Gasteiger partial charge on any atom is -0.337 e. The van der Waals surface area contributed by atoms with Crippen LogP contribution in [0.5, 0.6) is 0 Å². The second kappa shape index (κ2) is 6.71. The largest absolute Gasteiger partial charge is 0.337 e. The molecule has 0 N–H and O–H groups in total. The van der Waals surface area contributed by atoms with Gasteiger partial charge in [-0.1, -0.05) is 37.6 Å². The average Bonchev–Trinajstić information content (AvgIpc) is 3.15. The summed E-state index contributed by atoms with van der Waals surface area (Å²) in [5.41, 5.74) is 1.91. The zero-order valence-electron chi connectivity index (χ0n) is 15.2. The van der Waals surface area contributed by atoms with Gasteiger partial charge in [0, 0.05) is 36.1 Å². The van der Waals surface area contributed by atoms with Gasteiger partial charge in [0.2, 0.25) is 0 Å². The lowest BCUT2D eigenvalue weighted by Crippen LogP contribution is -2.42. The Balaban J connectivity index is 1.70. The first-order valence-electron chi connectivity index (χ1n) is 8.94. The zero-order chi connectivity index (χ0) is 18.4. The maximum atomic E-state index is 13.1. The van der Waals surface area contributed by atoms with Gasteiger partial charge in [-0.3, -0.25) is 9.48 Å². The minimum absolute atomic E-state index is 0.145. The minimum atomic E-state index is 0.145. The SMILES string of the molecule is C[C@@H]1C[C@H](C)CN(C(=O)c2cc3c(-c4ccc(Cl)cc4)nn(C)c3s2)C1. The van der Waals surface area contributed by atoms with E-state index in [2.05, 4.69) is 18.9 Å². The van der Waals surface area contributed by atoms with Crippen molar-refractivity contribution in [2.45, 2.75) is 20.3 Å². The number of aryl methyl sites for hydroxylation is 1. The number of hydrogen-bond donors (Lipinski definition) is 0. The molecule has 1 fully saturated rings. The Morgan fingerprint density at radius 3 is 2.50 bits per heavy atom. The number of rotatable bonds is 2. The highest BCUT2D eigenvalue weighted by atomic mass is 35.5. The number of benzene rings is 1. The van der Waals surface area contributed by atoms with Crippen molar-refractivity contribution in [3.63, 3.8) is 0 Å². The Labute approximate surface area is 162 Å². The summed E-state index contributed by atoms with van der Waals surface area (Å²) < 4.78 is 1.86. The van der Waals surface area contributed by atoms with Crippen molar-refractivity contribution in [3.8, 4) is 11.3 Å². The van der Waals surface area contributed by atoms with Crippen LogP contribution < -0.4 is 0 Å². The summed E-state index contributed by atoms with van der Waals surface area (Å²) >= 11 is 7.53. The van der Waals surface area contributed by atoms with E-state index in [1.807, 2.05) is 47.0 Å². The Morgan fingerprint density at radius 2 is 1.85 bits per heavy atom. The fourth-order valence-electron chi connectivity index (χ4n) is 3.95. The molecule has 6 heteroatoms. The quantitative estimate of drug-likeness (QED) is 0.615. The summed E-state index contributed by atoms with van der Waals surface area (Å²) in [7, 11) is 1.93. The van der Waals surface area contributed by atoms with E-state index in [0.717, 1.165) is 39.4 Å². The maximum absolute atomic E-state index is 13.1. The lowest BCUT2D eigenvalue weighted by atomic mass is 9.92. The van der Waals surface area contributed by atoms with Crippen LogP contribution in [0.1, 0.15) is 29.9 Å². The van der Waals surface area contributed by atoms with Crippen LogP contribution in [0.3, 0.4) is 0 Å². The molecule has 1 saturated heterocycles. The topological polar surface area (TPSA) is 38.1 Å². The van der Waals surface area contributed by atoms with Crippen LogP contribution in [-0.4, -0.2) is 33.7 Å². The van der Waals surface area contributed by atoms with Gasteiger partial charge < -0.3 is 4.90 Å². The van der Waals surface area contributed by atoms with E-state index in [4.69, 9.17) is 11.6 Å². The van der Waals surface area contributed by atoms with E-state index in [-0.39, 0.29) is 5.91 Å². The van der Waals surface area contributed by atoms with E-state index in [0.29, 0.717) is 16.9 Å². The highest BCUT2D eigenvalue weighted by Gasteiger charge is 2.28. The third-order valence-corrected chi connectivity index (χ3v) is 6.44. The molecule has 0 saturated carbocycles. The van der Waals surface area contributed by atoms with E-state index in [1.165, 1.54) is 17.8 Å². The Bertz CT molecular complexity index is 950. The second-order valence-electron chi connectivity index (χ2n) is 7.46. The molecule has 0 radical (unpaired) electrons. The van der Waals surface area contributed by atoms with Crippen molar-refractivity contribution >= 4 is 39.1 Å². The number of piperidine rings is 1. The lowest BCUT2D eigenvalue weighted by molar-refractivity contribution is 0.0628. The van der Waals surface area contributed by atoms with Crippen LogP contribution in [0.2, 0.25) is 5.02 Å². The van der Waals surface area contributed by atoms with Crippen molar-refractivity contribution in [3.05, 3.63) is 40.2 Å². The van der Waals surface area contributed by atoms with E-state index < -0.39 is 0 Å². The van der Waals surface area contributed by atoms with Crippen LogP contribution in [0.4, 0.5) is 0 Å². The number of thiophene rings is 1. The molecular formula is C20H22ClN3OS. The van der Waals surface area contributed by atoms with Crippen molar-refractivity contribution < 1.29 is 4.79 Å². The van der Waals surface area contributed by atoms with Gasteiger partial charge in [-0.2, -0.15) is 5.10 Å². The molecule has 0 bridgehead atoms. The number of hydrogen-bond acceptors (Lipinski definition) is 3. The predicted molar refractivity (Wildman–Crippen MR) is 108 cm³/mol. The van der Waals surface area contributed by atoms with Gasteiger partial charge in [0.25, 0.3) is 5.91 Å². The molecule has 4 rings (SSSR count). The van der Waals surface area contributed by atoms with Gasteiger partial charge in [0.1, 0.15) is 10.5 Å². The highest BCUT2D eigenvalue weighted by Crippen LogP contribution is 2.35. The van der Waals surface area contributed by atoms with Crippen molar-refractivity contribution in [1.29, 1.82) is 0 Å². The van der Waals surface area contributed by atoms with Crippen LogP contribution in [0.25, 0.3) is 21.5 Å². The Hall–Kier alpha value is -1.85. The molecule has 1 amide bonds. The number of fused-ring (bicyclic) bond motifs is 1. The fourth-order valence-corrected chi connectivity index (χ4v) is 5.12. The molecule has 26 heavy (non-hydrogen) atoms. The van der Waals surface area contributed by atoms with Crippen LogP contribution in [-0.2, 0) is 7.05 Å². The molecule has 0 unspecified atom stereocenters. The first-order chi connectivity index (χ1) is 12.4. The first kappa shape index (κ1) is 17.6. The number of nitrogens with zero attached hydrogens (tertiary/aromatic N) is 3. The average molecular weight is 388 g/mol. The Morgan fingerprint density at radius 1 is 1.19 bits per heavy atom. The standard InChI is InChI=1S/C20H22ClN3OS/c1-12-8-13(2)11-24(10-12)19(25)17-9-16-18(22-23(3)20(16)26-17)14-4-6-15(21)7-5-14/h4-7,9,12-13H,8,10-11H2,1-3H3/t12-,13+. The zero-order valence-corrected chi connectivity index (χ0v) is 16.8. The molecule has 3 aromatic rings. The van der Waals surface area contributed by atoms with Crippen LogP contribution in [0, 0.1) is 11.8 Å². The number of carbonyl (C=O) groups is 1. The van der Waals surface area contributed by atoms with Gasteiger partial charge in [0.05, 0.1) is 4.88 Å². The maximum Gasteiger partial charge on any atom is 0.264 e. The van der Waals surface area contributed by atoms with Crippen LogP contribution >= 0.6 is 22.9 Å². The molecule has 1 aromatic carbocycles. The number of carbonyl (C=O) groups excluding carboxylic acids is 1. The lowest BCUT2D eigenvalue weighted by Gasteiger charge is -2.34. The molecule has 2 aromatic heterocycles. The van der Waals surface area contributed by atoms with Crippen molar-refractivity contribution in [2.24, 2.45) is 18.9 Å². The molecule has 0 spiro atoms. The molecule has 136 valence electrons. The Kier molecular flexibility index (Phi) is 4.53. The molecule has 0 aliphatic carbocycles. The summed E-state index contributed by atoms with van der Waals surface area (Å²) in [5, 5.41) is 6.38. The third-order valence-electron chi connectivity index (χ3n) is 5.00. The molecule has 1 aliphatic heterocycles. The summed E-state index contributed by atoms with van der Waals surface area (Å²) in [6.45, 7) is 6.15. The van der Waals surface area contributed by atoms with Crippen LogP contribution in [0.15, 0.2) is 30.3 Å². The second-order valence-corrected chi connectivity index (χ2v) is 8.93. The van der Waals surface area contributed by atoms with E-state index in [1.54, 1.807) is 0 Å². The highest BCUT2D eigenvalue weighted by molar-refractivity contribution is 7.20. The van der Waals surface area contributed by atoms with Gasteiger partial charge in [0.15, 0.2) is 0 Å².